The smallest absolute Gasteiger partial charge is 0.321 e. The van der Waals surface area contributed by atoms with Crippen molar-refractivity contribution in [3.05, 3.63) is 96.1 Å². The van der Waals surface area contributed by atoms with Crippen LogP contribution in [-0.2, 0) is 11.0 Å². The minimum atomic E-state index is -4.58. The lowest BCUT2D eigenvalue weighted by Gasteiger charge is -2.15. The van der Waals surface area contributed by atoms with Gasteiger partial charge in [0.05, 0.1) is 28.0 Å². The van der Waals surface area contributed by atoms with Crippen LogP contribution in [0, 0.1) is 6.92 Å². The van der Waals surface area contributed by atoms with Gasteiger partial charge in [0.25, 0.3) is 5.91 Å². The number of aromatic nitrogens is 2. The van der Waals surface area contributed by atoms with Crippen LogP contribution in [0.5, 0.6) is 0 Å². The van der Waals surface area contributed by atoms with Crippen molar-refractivity contribution in [2.45, 2.75) is 13.1 Å². The molecule has 0 atom stereocenters. The molecule has 3 aromatic carbocycles. The van der Waals surface area contributed by atoms with Crippen LogP contribution in [0.1, 0.15) is 21.5 Å². The molecule has 0 fully saturated rings. The molecule has 0 unspecified atom stereocenters. The lowest BCUT2D eigenvalue weighted by Crippen LogP contribution is -2.17. The van der Waals surface area contributed by atoms with Gasteiger partial charge >= 0.3 is 6.18 Å². The summed E-state index contributed by atoms with van der Waals surface area (Å²) in [6, 6.07) is 16.5. The van der Waals surface area contributed by atoms with Gasteiger partial charge in [-0.25, -0.2) is 4.98 Å². The Morgan fingerprint density at radius 3 is 2.50 bits per heavy atom. The topological polar surface area (TPSA) is 76.0 Å². The summed E-state index contributed by atoms with van der Waals surface area (Å²) in [7, 11) is 0. The molecule has 34 heavy (non-hydrogen) atoms. The second-order valence-corrected chi connectivity index (χ2v) is 7.51. The van der Waals surface area contributed by atoms with Crippen LogP contribution < -0.4 is 10.6 Å². The Labute approximate surface area is 192 Å². The molecule has 9 heteroatoms. The van der Waals surface area contributed by atoms with E-state index in [0.717, 1.165) is 23.8 Å². The number of para-hydroxylation sites is 2. The van der Waals surface area contributed by atoms with Gasteiger partial charge in [0.2, 0.25) is 11.9 Å². The average molecular weight is 464 g/mol. The van der Waals surface area contributed by atoms with E-state index in [1.807, 2.05) is 25.1 Å². The number of hydrogen-bond donors (Lipinski definition) is 2. The van der Waals surface area contributed by atoms with E-state index >= 15 is 0 Å². The highest BCUT2D eigenvalue weighted by atomic mass is 19.4. The Hall–Kier alpha value is -4.40. The van der Waals surface area contributed by atoms with Crippen LogP contribution in [0.2, 0.25) is 0 Å². The number of carbonyl (C=O) groups is 2. The fraction of sp³-hybridized carbons (Fsp3) is 0.0800. The number of aryl methyl sites for hydroxylation is 1. The molecular weight excluding hydrogens is 445 g/mol. The molecule has 0 saturated heterocycles. The second-order valence-electron chi connectivity index (χ2n) is 7.51. The number of alkyl halides is 3. The number of anilines is 2. The van der Waals surface area contributed by atoms with Crippen molar-refractivity contribution in [3.8, 4) is 5.69 Å². The number of carbonyl (C=O) groups excluding carboxylic acids is 2. The van der Waals surface area contributed by atoms with Gasteiger partial charge in [-0.05, 0) is 61.0 Å². The van der Waals surface area contributed by atoms with Crippen molar-refractivity contribution in [1.82, 2.24) is 9.55 Å². The van der Waals surface area contributed by atoms with Crippen molar-refractivity contribution in [3.63, 3.8) is 0 Å². The Morgan fingerprint density at radius 1 is 1.00 bits per heavy atom. The van der Waals surface area contributed by atoms with E-state index in [1.54, 1.807) is 28.8 Å². The first-order valence-electron chi connectivity index (χ1n) is 10.2. The van der Waals surface area contributed by atoms with Gasteiger partial charge in [-0.15, -0.1) is 0 Å². The molecular formula is C25H19F3N4O2. The van der Waals surface area contributed by atoms with Crippen molar-refractivity contribution in [2.75, 3.05) is 10.6 Å². The summed E-state index contributed by atoms with van der Waals surface area (Å²) in [6.07, 6.45) is -3.45. The summed E-state index contributed by atoms with van der Waals surface area (Å²) in [5.41, 5.74) is 1.96. The van der Waals surface area contributed by atoms with Crippen LogP contribution in [0.3, 0.4) is 0 Å². The van der Waals surface area contributed by atoms with E-state index in [9.17, 15) is 22.8 Å². The maximum Gasteiger partial charge on any atom is 0.416 e. The van der Waals surface area contributed by atoms with Crippen LogP contribution >= 0.6 is 0 Å². The van der Waals surface area contributed by atoms with Crippen LogP contribution in [0.15, 0.2) is 79.4 Å². The first kappa shape index (κ1) is 22.8. The Balaban J connectivity index is 1.83. The molecule has 0 aliphatic rings. The summed E-state index contributed by atoms with van der Waals surface area (Å²) in [6.45, 7) is 5.34. The normalized spacial score (nSPS) is 11.3. The molecule has 1 aromatic heterocycles. The van der Waals surface area contributed by atoms with Gasteiger partial charge in [0.1, 0.15) is 0 Å². The number of rotatable bonds is 5. The number of benzene rings is 3. The molecule has 4 rings (SSSR count). The quantitative estimate of drug-likeness (QED) is 0.371. The minimum absolute atomic E-state index is 0.0864. The molecule has 4 aromatic rings. The summed E-state index contributed by atoms with van der Waals surface area (Å²) in [5, 5.41) is 5.34. The summed E-state index contributed by atoms with van der Waals surface area (Å²) >= 11 is 0. The fourth-order valence-corrected chi connectivity index (χ4v) is 3.49. The zero-order valence-corrected chi connectivity index (χ0v) is 18.0. The largest absolute Gasteiger partial charge is 0.416 e. The number of nitrogens with zero attached hydrogens (tertiary/aromatic N) is 2. The van der Waals surface area contributed by atoms with Gasteiger partial charge in [-0.3, -0.25) is 19.5 Å². The Morgan fingerprint density at radius 2 is 1.76 bits per heavy atom. The molecule has 0 aliphatic heterocycles. The molecule has 1 heterocycles. The predicted molar refractivity (Wildman–Crippen MR) is 124 cm³/mol. The maximum absolute atomic E-state index is 13.1. The maximum atomic E-state index is 13.1. The standard InChI is InChI=1S/C25H19F3N4O2/c1-3-22(33)29-18-9-4-5-10-20(18)32-21-12-11-15(2)13-19(21)30-24(32)31-23(34)16-7-6-8-17(14-16)25(26,27)28/h3-14H,1H2,2H3,(H,29,33)(H,30,31,34). The monoisotopic (exact) mass is 464 g/mol. The molecule has 0 bridgehead atoms. The zero-order chi connectivity index (χ0) is 24.5. The van der Waals surface area contributed by atoms with Gasteiger partial charge in [0, 0.05) is 5.56 Å². The van der Waals surface area contributed by atoms with Gasteiger partial charge < -0.3 is 5.32 Å². The zero-order valence-electron chi connectivity index (χ0n) is 18.0. The summed E-state index contributed by atoms with van der Waals surface area (Å²) < 4.78 is 41.0. The van der Waals surface area contributed by atoms with Crippen LogP contribution in [0.25, 0.3) is 16.7 Å². The number of imidazole rings is 1. The molecule has 0 saturated carbocycles. The molecule has 2 amide bonds. The highest BCUT2D eigenvalue weighted by molar-refractivity contribution is 6.05. The van der Waals surface area contributed by atoms with Crippen molar-refractivity contribution in [2.24, 2.45) is 0 Å². The van der Waals surface area contributed by atoms with E-state index in [0.29, 0.717) is 22.4 Å². The highest BCUT2D eigenvalue weighted by Crippen LogP contribution is 2.32. The van der Waals surface area contributed by atoms with Gasteiger partial charge in [0.15, 0.2) is 0 Å². The Bertz CT molecular complexity index is 1420. The predicted octanol–water partition coefficient (Wildman–Crippen LogP) is 5.73. The number of hydrogen-bond acceptors (Lipinski definition) is 3. The lowest BCUT2D eigenvalue weighted by atomic mass is 10.1. The third-order valence-electron chi connectivity index (χ3n) is 5.08. The summed E-state index contributed by atoms with van der Waals surface area (Å²) in [5.74, 6) is -1.10. The molecule has 172 valence electrons. The van der Waals surface area contributed by atoms with Crippen molar-refractivity contribution < 1.29 is 22.8 Å². The van der Waals surface area contributed by atoms with Crippen LogP contribution in [-0.4, -0.2) is 21.4 Å². The average Bonchev–Trinajstić information content (AvgIpc) is 3.15. The van der Waals surface area contributed by atoms with Crippen molar-refractivity contribution >= 4 is 34.5 Å². The second kappa shape index (κ2) is 8.86. The Kier molecular flexibility index (Phi) is 5.93. The van der Waals surface area contributed by atoms with E-state index in [1.165, 1.54) is 12.1 Å². The molecule has 0 spiro atoms. The highest BCUT2D eigenvalue weighted by Gasteiger charge is 2.31. The first-order valence-corrected chi connectivity index (χ1v) is 10.2. The summed E-state index contributed by atoms with van der Waals surface area (Å²) in [4.78, 5) is 29.4. The molecule has 0 radical (unpaired) electrons. The molecule has 0 aliphatic carbocycles. The fourth-order valence-electron chi connectivity index (χ4n) is 3.49. The van der Waals surface area contributed by atoms with Gasteiger partial charge in [-0.1, -0.05) is 30.8 Å². The van der Waals surface area contributed by atoms with Crippen LogP contribution in [0.4, 0.5) is 24.8 Å². The lowest BCUT2D eigenvalue weighted by molar-refractivity contribution is -0.137. The number of fused-ring (bicyclic) bond motifs is 1. The third kappa shape index (κ3) is 4.54. The molecule has 6 nitrogen and oxygen atoms in total. The third-order valence-corrected chi connectivity index (χ3v) is 5.08. The number of amides is 2. The number of nitrogens with one attached hydrogen (secondary N) is 2. The van der Waals surface area contributed by atoms with E-state index in [2.05, 4.69) is 22.2 Å². The first-order chi connectivity index (χ1) is 16.2. The van der Waals surface area contributed by atoms with Gasteiger partial charge in [-0.2, -0.15) is 13.2 Å². The van der Waals surface area contributed by atoms with E-state index in [4.69, 9.17) is 0 Å². The SMILES string of the molecule is C=CC(=O)Nc1ccccc1-n1c(NC(=O)c2cccc(C(F)(F)F)c2)nc2cc(C)ccc21. The minimum Gasteiger partial charge on any atom is -0.321 e. The molecule has 2 N–H and O–H groups in total. The van der Waals surface area contributed by atoms with E-state index < -0.39 is 23.6 Å². The number of halogens is 3. The van der Waals surface area contributed by atoms with Crippen molar-refractivity contribution in [1.29, 1.82) is 0 Å². The van der Waals surface area contributed by atoms with E-state index in [-0.39, 0.29) is 11.5 Å².